The summed E-state index contributed by atoms with van der Waals surface area (Å²) in [6, 6.07) is 0. The highest BCUT2D eigenvalue weighted by molar-refractivity contribution is 14.1. The third kappa shape index (κ3) is 4.72. The molecule has 0 aromatic carbocycles. The lowest BCUT2D eigenvalue weighted by Gasteiger charge is -2.48. The van der Waals surface area contributed by atoms with Gasteiger partial charge in [-0.15, -0.1) is 0 Å². The average molecular weight is 476 g/mol. The first kappa shape index (κ1) is 21.0. The number of rotatable bonds is 6. The Balaban J connectivity index is 5.39. The van der Waals surface area contributed by atoms with Crippen molar-refractivity contribution in [2.45, 2.75) is 27.9 Å². The van der Waals surface area contributed by atoms with Crippen LogP contribution in [-0.2, 0) is 0 Å². The van der Waals surface area contributed by atoms with E-state index in [1.165, 1.54) is 0 Å². The van der Waals surface area contributed by atoms with Crippen molar-refractivity contribution in [3.8, 4) is 0 Å². The molecule has 21 heavy (non-hydrogen) atoms. The Morgan fingerprint density at radius 1 is 0.905 bits per heavy atom. The smallest absolute Gasteiger partial charge is 0.206 e. The standard InChI is InChI=1S/C7H5F12IS/c8-4(5(9)10)1-3(20)2-6(11,12)7(13,14)21(15,16,17,18)19/h3H,1-2H2. The van der Waals surface area contributed by atoms with Gasteiger partial charge in [0, 0.05) is 16.8 Å². The van der Waals surface area contributed by atoms with Gasteiger partial charge in [0.1, 0.15) is 0 Å². The maximum absolute atomic E-state index is 12.8. The van der Waals surface area contributed by atoms with Crippen LogP contribution in [-0.4, -0.2) is 15.1 Å². The highest BCUT2D eigenvalue weighted by Crippen LogP contribution is 3.05. The topological polar surface area (TPSA) is 0 Å². The maximum atomic E-state index is 12.8. The molecule has 0 saturated carbocycles. The van der Waals surface area contributed by atoms with Crippen molar-refractivity contribution in [3.05, 3.63) is 11.9 Å². The van der Waals surface area contributed by atoms with Gasteiger partial charge in [-0.3, -0.25) is 0 Å². The lowest BCUT2D eigenvalue weighted by molar-refractivity contribution is -0.177. The van der Waals surface area contributed by atoms with Crippen molar-refractivity contribution in [3.63, 3.8) is 0 Å². The molecular formula is C7H5F12IS. The zero-order chi connectivity index (χ0) is 17.6. The molecular weight excluding hydrogens is 471 g/mol. The SMILES string of the molecule is FC(F)=C(F)CC(I)CC(F)(F)C(F)(F)S(F)(F)(F)(F)F. The molecule has 130 valence electrons. The first-order chi connectivity index (χ1) is 8.72. The van der Waals surface area contributed by atoms with Gasteiger partial charge in [0.15, 0.2) is 5.83 Å². The summed E-state index contributed by atoms with van der Waals surface area (Å²) < 4.78 is 144. The Hall–Kier alpha value is -0.0200. The lowest BCUT2D eigenvalue weighted by atomic mass is 10.1. The minimum atomic E-state index is -11.9. The van der Waals surface area contributed by atoms with Crippen molar-refractivity contribution in [2.75, 3.05) is 0 Å². The molecule has 14 heteroatoms. The van der Waals surface area contributed by atoms with Crippen LogP contribution in [0.5, 0.6) is 0 Å². The van der Waals surface area contributed by atoms with Crippen LogP contribution in [0.4, 0.5) is 50.2 Å². The van der Waals surface area contributed by atoms with E-state index in [4.69, 9.17) is 0 Å². The number of hydrogen-bond acceptors (Lipinski definition) is 0. The van der Waals surface area contributed by atoms with E-state index in [2.05, 4.69) is 0 Å². The van der Waals surface area contributed by atoms with Gasteiger partial charge in [0.25, 0.3) is 0 Å². The molecule has 0 heterocycles. The van der Waals surface area contributed by atoms with Gasteiger partial charge in [0.05, 0.1) is 0 Å². The van der Waals surface area contributed by atoms with Gasteiger partial charge in [-0.25, -0.2) is 4.39 Å². The molecule has 0 N–H and O–H groups in total. The zero-order valence-corrected chi connectivity index (χ0v) is 12.3. The highest BCUT2D eigenvalue weighted by Gasteiger charge is 2.91. The van der Waals surface area contributed by atoms with Crippen LogP contribution in [0.2, 0.25) is 0 Å². The second-order valence-corrected chi connectivity index (χ2v) is 8.07. The highest BCUT2D eigenvalue weighted by atomic mass is 127. The van der Waals surface area contributed by atoms with Crippen LogP contribution < -0.4 is 0 Å². The fourth-order valence-corrected chi connectivity index (χ4v) is 2.61. The monoisotopic (exact) mass is 476 g/mol. The number of allylic oxidation sites excluding steroid dienone is 1. The molecule has 0 aromatic heterocycles. The summed E-state index contributed by atoms with van der Waals surface area (Å²) in [5, 5.41) is -7.66. The van der Waals surface area contributed by atoms with Crippen LogP contribution in [0.25, 0.3) is 0 Å². The fourth-order valence-electron chi connectivity index (χ4n) is 1.02. The quantitative estimate of drug-likeness (QED) is 0.217. The van der Waals surface area contributed by atoms with E-state index in [0.29, 0.717) is 22.6 Å². The Morgan fingerprint density at radius 2 is 1.29 bits per heavy atom. The summed E-state index contributed by atoms with van der Waals surface area (Å²) in [7, 11) is -11.9. The second kappa shape index (κ2) is 4.99. The predicted molar refractivity (Wildman–Crippen MR) is 60.4 cm³/mol. The van der Waals surface area contributed by atoms with E-state index in [-0.39, 0.29) is 0 Å². The van der Waals surface area contributed by atoms with Crippen molar-refractivity contribution < 1.29 is 50.2 Å². The Labute approximate surface area is 123 Å². The maximum Gasteiger partial charge on any atom is 0.443 e. The summed E-state index contributed by atoms with van der Waals surface area (Å²) in [4.78, 5) is 0. The van der Waals surface area contributed by atoms with Crippen molar-refractivity contribution >= 4 is 32.8 Å². The molecule has 1 atom stereocenters. The Morgan fingerprint density at radius 3 is 1.57 bits per heavy atom. The minimum Gasteiger partial charge on any atom is -0.206 e. The molecule has 0 aliphatic heterocycles. The van der Waals surface area contributed by atoms with E-state index in [9.17, 15) is 50.2 Å². The predicted octanol–water partition coefficient (Wildman–Crippen LogP) is 7.17. The summed E-state index contributed by atoms with van der Waals surface area (Å²) in [6.45, 7) is 0. The van der Waals surface area contributed by atoms with Crippen LogP contribution in [0, 0.1) is 0 Å². The molecule has 0 fully saturated rings. The molecule has 0 radical (unpaired) electrons. The zero-order valence-electron chi connectivity index (χ0n) is 9.31. The molecule has 0 nitrogen and oxygen atoms in total. The molecule has 0 aliphatic rings. The van der Waals surface area contributed by atoms with Gasteiger partial charge < -0.3 is 0 Å². The second-order valence-electron chi connectivity index (χ2n) is 3.86. The first-order valence-corrected chi connectivity index (χ1v) is 7.74. The fraction of sp³-hybridized carbons (Fsp3) is 0.714. The minimum absolute atomic E-state index is 0.673. The number of alkyl halides is 5. The first-order valence-electron chi connectivity index (χ1n) is 4.54. The van der Waals surface area contributed by atoms with Crippen molar-refractivity contribution in [1.82, 2.24) is 0 Å². The molecule has 0 amide bonds. The third-order valence-electron chi connectivity index (χ3n) is 1.99. The third-order valence-corrected chi connectivity index (χ3v) is 4.14. The molecule has 0 rings (SSSR count). The Bertz CT molecular complexity index is 431. The van der Waals surface area contributed by atoms with Crippen molar-refractivity contribution in [2.24, 2.45) is 0 Å². The van der Waals surface area contributed by atoms with Crippen molar-refractivity contribution in [1.29, 1.82) is 0 Å². The van der Waals surface area contributed by atoms with Crippen LogP contribution >= 0.6 is 32.8 Å². The van der Waals surface area contributed by atoms with Gasteiger partial charge in [-0.05, 0) is 0 Å². The van der Waals surface area contributed by atoms with Crippen LogP contribution in [0.15, 0.2) is 11.9 Å². The number of halogens is 13. The van der Waals surface area contributed by atoms with Gasteiger partial charge in [-0.2, -0.15) is 26.3 Å². The lowest BCUT2D eigenvalue weighted by Crippen LogP contribution is -2.49. The normalized spacial score (nSPS) is 18.7. The average Bonchev–Trinajstić information content (AvgIpc) is 2.11. The summed E-state index contributed by atoms with van der Waals surface area (Å²) in [5.41, 5.74) is 0. The molecule has 0 bridgehead atoms. The van der Waals surface area contributed by atoms with E-state index in [1.54, 1.807) is 0 Å². The summed E-state index contributed by atoms with van der Waals surface area (Å²) in [6.07, 6.45) is -7.18. The molecule has 0 saturated heterocycles. The molecule has 0 aliphatic carbocycles. The van der Waals surface area contributed by atoms with E-state index < -0.39 is 50.1 Å². The van der Waals surface area contributed by atoms with E-state index in [0.717, 1.165) is 0 Å². The number of hydrogen-bond donors (Lipinski definition) is 0. The Kier molecular flexibility index (Phi) is 4.98. The molecule has 0 aromatic rings. The summed E-state index contributed by atoms with van der Waals surface area (Å²) >= 11 is 0.673. The van der Waals surface area contributed by atoms with Gasteiger partial charge in [-0.1, -0.05) is 42.0 Å². The van der Waals surface area contributed by atoms with Crippen LogP contribution in [0.3, 0.4) is 0 Å². The van der Waals surface area contributed by atoms with Crippen LogP contribution in [0.1, 0.15) is 12.8 Å². The molecule has 1 unspecified atom stereocenters. The van der Waals surface area contributed by atoms with Gasteiger partial charge in [0.2, 0.25) is 0 Å². The summed E-state index contributed by atoms with van der Waals surface area (Å²) in [5.74, 6) is -8.62. The van der Waals surface area contributed by atoms with Gasteiger partial charge >= 0.3 is 27.5 Å². The van der Waals surface area contributed by atoms with E-state index in [1.807, 2.05) is 0 Å². The largest absolute Gasteiger partial charge is 0.443 e. The molecule has 0 spiro atoms. The van der Waals surface area contributed by atoms with E-state index >= 15 is 0 Å².